The van der Waals surface area contributed by atoms with Crippen LogP contribution >= 0.6 is 11.3 Å². The number of urea groups is 1. The number of ether oxygens (including phenoxy) is 1. The van der Waals surface area contributed by atoms with Crippen molar-refractivity contribution >= 4 is 40.1 Å². The monoisotopic (exact) mass is 447 g/mol. The zero-order chi connectivity index (χ0) is 22.8. The Morgan fingerprint density at radius 2 is 1.71 bits per heavy atom. The molecule has 1 fully saturated rings. The quantitative estimate of drug-likeness (QED) is 0.645. The van der Waals surface area contributed by atoms with Gasteiger partial charge in [0, 0.05) is 26.2 Å². The van der Waals surface area contributed by atoms with Gasteiger partial charge in [-0.25, -0.2) is 19.6 Å². The number of nitrogens with zero attached hydrogens (tertiary/aromatic N) is 4. The summed E-state index contributed by atoms with van der Waals surface area (Å²) in [6.45, 7) is 7.84. The van der Waals surface area contributed by atoms with E-state index < -0.39 is 17.5 Å². The number of piperazine rings is 1. The number of thiophene rings is 1. The first-order chi connectivity index (χ1) is 14.5. The van der Waals surface area contributed by atoms with Crippen molar-refractivity contribution in [1.82, 2.24) is 14.9 Å². The third-order valence-corrected chi connectivity index (χ3v) is 5.44. The lowest BCUT2D eigenvalue weighted by Gasteiger charge is -2.36. The fourth-order valence-electron chi connectivity index (χ4n) is 2.97. The van der Waals surface area contributed by atoms with Crippen molar-refractivity contribution < 1.29 is 19.1 Å². The summed E-state index contributed by atoms with van der Waals surface area (Å²) in [6, 6.07) is 0.727. The fraction of sp³-hybridized carbons (Fsp3) is 0.421. The first-order valence-corrected chi connectivity index (χ1v) is 10.4. The van der Waals surface area contributed by atoms with E-state index in [1.54, 1.807) is 17.3 Å². The Labute approximate surface area is 183 Å². The zero-order valence-corrected chi connectivity index (χ0v) is 18.4. The van der Waals surface area contributed by atoms with Gasteiger partial charge in [-0.05, 0) is 26.8 Å². The van der Waals surface area contributed by atoms with Crippen LogP contribution in [0.5, 0.6) is 0 Å². The fourth-order valence-corrected chi connectivity index (χ4v) is 3.99. The van der Waals surface area contributed by atoms with Gasteiger partial charge in [-0.2, -0.15) is 0 Å². The van der Waals surface area contributed by atoms with Crippen molar-refractivity contribution in [3.8, 4) is 10.7 Å². The molecule has 2 aromatic rings. The molecule has 0 saturated carbocycles. The van der Waals surface area contributed by atoms with Crippen LogP contribution in [0.2, 0.25) is 0 Å². The minimum Gasteiger partial charge on any atom is -0.444 e. The number of nitrogens with one attached hydrogen (secondary N) is 1. The third-order valence-electron chi connectivity index (χ3n) is 4.39. The smallest absolute Gasteiger partial charge is 0.410 e. The Bertz CT molecular complexity index is 976. The molecule has 1 aliphatic rings. The number of primary amides is 2. The van der Waals surface area contributed by atoms with Gasteiger partial charge in [-0.1, -0.05) is 0 Å². The first kappa shape index (κ1) is 22.3. The van der Waals surface area contributed by atoms with Gasteiger partial charge in [-0.15, -0.1) is 11.3 Å². The molecule has 1 aliphatic heterocycles. The van der Waals surface area contributed by atoms with Crippen LogP contribution in [-0.4, -0.2) is 64.7 Å². The molecule has 0 aliphatic carbocycles. The topological polar surface area (TPSA) is 157 Å². The molecule has 31 heavy (non-hydrogen) atoms. The molecule has 0 aromatic carbocycles. The normalized spacial score (nSPS) is 14.3. The second-order valence-electron chi connectivity index (χ2n) is 7.93. The van der Waals surface area contributed by atoms with Gasteiger partial charge in [0.1, 0.15) is 10.6 Å². The van der Waals surface area contributed by atoms with Gasteiger partial charge < -0.3 is 26.0 Å². The molecule has 2 aromatic heterocycles. The molecule has 0 atom stereocenters. The van der Waals surface area contributed by atoms with E-state index >= 15 is 0 Å². The van der Waals surface area contributed by atoms with Gasteiger partial charge in [0.25, 0.3) is 5.91 Å². The van der Waals surface area contributed by atoms with Gasteiger partial charge in [0.15, 0.2) is 5.82 Å². The van der Waals surface area contributed by atoms with Crippen molar-refractivity contribution in [3.63, 3.8) is 0 Å². The van der Waals surface area contributed by atoms with E-state index in [2.05, 4.69) is 20.2 Å². The van der Waals surface area contributed by atoms with Gasteiger partial charge >= 0.3 is 12.1 Å². The summed E-state index contributed by atoms with van der Waals surface area (Å²) < 4.78 is 5.41. The maximum absolute atomic E-state index is 12.2. The van der Waals surface area contributed by atoms with Crippen LogP contribution in [0.3, 0.4) is 0 Å². The molecule has 11 nitrogen and oxygen atoms in total. The Hall–Kier alpha value is -3.41. The van der Waals surface area contributed by atoms with E-state index in [0.29, 0.717) is 36.9 Å². The number of rotatable bonds is 4. The summed E-state index contributed by atoms with van der Waals surface area (Å²) in [6.07, 6.45) is 3.04. The Morgan fingerprint density at radius 3 is 2.23 bits per heavy atom. The van der Waals surface area contributed by atoms with Crippen LogP contribution in [0.25, 0.3) is 10.7 Å². The zero-order valence-electron chi connectivity index (χ0n) is 17.5. The molecule has 166 valence electrons. The number of anilines is 2. The largest absolute Gasteiger partial charge is 0.444 e. The summed E-state index contributed by atoms with van der Waals surface area (Å²) in [5, 5.41) is 2.64. The molecule has 0 bridgehead atoms. The summed E-state index contributed by atoms with van der Waals surface area (Å²) in [5.41, 5.74) is 10.9. The number of carbonyl (C=O) groups excluding carboxylic acids is 3. The molecule has 5 N–H and O–H groups in total. The highest BCUT2D eigenvalue weighted by molar-refractivity contribution is 7.20. The van der Waals surface area contributed by atoms with Crippen molar-refractivity contribution in [1.29, 1.82) is 0 Å². The number of amides is 4. The van der Waals surface area contributed by atoms with Gasteiger partial charge in [0.05, 0.1) is 28.5 Å². The average molecular weight is 448 g/mol. The van der Waals surface area contributed by atoms with E-state index in [-0.39, 0.29) is 16.7 Å². The molecule has 4 amide bonds. The molecule has 1 saturated heterocycles. The highest BCUT2D eigenvalue weighted by atomic mass is 32.1. The highest BCUT2D eigenvalue weighted by Crippen LogP contribution is 2.34. The predicted molar refractivity (Wildman–Crippen MR) is 117 cm³/mol. The minimum absolute atomic E-state index is 0.143. The van der Waals surface area contributed by atoms with Crippen LogP contribution in [0.15, 0.2) is 18.5 Å². The van der Waals surface area contributed by atoms with Crippen LogP contribution in [0, 0.1) is 0 Å². The second kappa shape index (κ2) is 8.76. The maximum Gasteiger partial charge on any atom is 0.410 e. The molecule has 3 rings (SSSR count). The minimum atomic E-state index is -0.794. The number of nitrogens with two attached hydrogens (primary N) is 2. The van der Waals surface area contributed by atoms with Crippen LogP contribution in [0.1, 0.15) is 31.1 Å². The number of hydrogen-bond acceptors (Lipinski definition) is 8. The van der Waals surface area contributed by atoms with Crippen molar-refractivity contribution in [2.45, 2.75) is 26.4 Å². The van der Waals surface area contributed by atoms with E-state index in [1.165, 1.54) is 6.07 Å². The standard InChI is InChI=1S/C19H25N7O4S/c1-19(2,3)30-18(29)26-6-4-25(5-7-26)11-9-22-15(23-10-11)13-8-12(14(20)27)16(31-13)24-17(21)28/h8-10H,4-7H2,1-3H3,(H2,20,27)(H3,21,24,28). The molecular formula is C19H25N7O4S. The molecular weight excluding hydrogens is 422 g/mol. The summed E-state index contributed by atoms with van der Waals surface area (Å²) in [4.78, 5) is 48.0. The van der Waals surface area contributed by atoms with E-state index in [1.807, 2.05) is 20.8 Å². The Balaban J connectivity index is 1.67. The lowest BCUT2D eigenvalue weighted by Crippen LogP contribution is -2.50. The molecule has 0 radical (unpaired) electrons. The van der Waals surface area contributed by atoms with Crippen LogP contribution < -0.4 is 21.7 Å². The molecule has 0 spiro atoms. The van der Waals surface area contributed by atoms with Crippen molar-refractivity contribution in [3.05, 3.63) is 24.0 Å². The summed E-state index contributed by atoms with van der Waals surface area (Å²) in [5.74, 6) is -0.299. The van der Waals surface area contributed by atoms with E-state index in [0.717, 1.165) is 17.0 Å². The lowest BCUT2D eigenvalue weighted by molar-refractivity contribution is 0.0240. The second-order valence-corrected chi connectivity index (χ2v) is 8.98. The van der Waals surface area contributed by atoms with E-state index in [9.17, 15) is 14.4 Å². The first-order valence-electron chi connectivity index (χ1n) is 9.59. The maximum atomic E-state index is 12.2. The van der Waals surface area contributed by atoms with Crippen LogP contribution in [-0.2, 0) is 4.74 Å². The van der Waals surface area contributed by atoms with E-state index in [4.69, 9.17) is 16.2 Å². The van der Waals surface area contributed by atoms with Crippen molar-refractivity contribution in [2.75, 3.05) is 36.4 Å². The predicted octanol–water partition coefficient (Wildman–Crippen LogP) is 1.85. The average Bonchev–Trinajstić information content (AvgIpc) is 3.10. The van der Waals surface area contributed by atoms with Crippen LogP contribution in [0.4, 0.5) is 20.3 Å². The SMILES string of the molecule is CC(C)(C)OC(=O)N1CCN(c2cnc(-c3cc(C(N)=O)c(NC(N)=O)s3)nc2)CC1. The molecule has 3 heterocycles. The third kappa shape index (κ3) is 5.60. The molecule has 12 heteroatoms. The summed E-state index contributed by atoms with van der Waals surface area (Å²) >= 11 is 1.11. The number of hydrogen-bond donors (Lipinski definition) is 3. The number of aromatic nitrogens is 2. The summed E-state index contributed by atoms with van der Waals surface area (Å²) in [7, 11) is 0. The van der Waals surface area contributed by atoms with Crippen molar-refractivity contribution in [2.24, 2.45) is 11.5 Å². The Morgan fingerprint density at radius 1 is 1.10 bits per heavy atom. The van der Waals surface area contributed by atoms with Gasteiger partial charge in [-0.3, -0.25) is 10.1 Å². The molecule has 0 unspecified atom stereocenters. The number of carbonyl (C=O) groups is 3. The Kier molecular flexibility index (Phi) is 6.29. The highest BCUT2D eigenvalue weighted by Gasteiger charge is 2.26. The lowest BCUT2D eigenvalue weighted by atomic mass is 10.2. The van der Waals surface area contributed by atoms with Gasteiger partial charge in [0.2, 0.25) is 0 Å².